The number of benzene rings is 1. The summed E-state index contributed by atoms with van der Waals surface area (Å²) in [5, 5.41) is 4.33. The number of ether oxygens (including phenoxy) is 1. The van der Waals surface area contributed by atoms with Gasteiger partial charge in [-0.25, -0.2) is 18.0 Å². The maximum Gasteiger partial charge on any atom is 0.338 e. The van der Waals surface area contributed by atoms with Crippen LogP contribution in [0.2, 0.25) is 0 Å². The van der Waals surface area contributed by atoms with Crippen LogP contribution in [0, 0.1) is 6.92 Å². The highest BCUT2D eigenvalue weighted by atomic mass is 32.2. The molecule has 0 radical (unpaired) electrons. The number of esters is 1. The lowest BCUT2D eigenvalue weighted by atomic mass is 10.1. The zero-order valence-corrected chi connectivity index (χ0v) is 13.8. The summed E-state index contributed by atoms with van der Waals surface area (Å²) < 4.78 is 27.8. The predicted molar refractivity (Wildman–Crippen MR) is 81.8 cm³/mol. The first-order chi connectivity index (χ1) is 10.6. The molecule has 126 valence electrons. The molecule has 9 heteroatoms. The quantitative estimate of drug-likeness (QED) is 0.748. The minimum absolute atomic E-state index is 0.0261. The Labute approximate surface area is 134 Å². The number of hydrogen-bond acceptors (Lipinski definition) is 6. The maximum absolute atomic E-state index is 12.0. The fraction of sp³-hybridized carbons (Fsp3) is 0.357. The molecule has 0 aliphatic carbocycles. The number of urea groups is 1. The molecule has 0 aromatic heterocycles. The van der Waals surface area contributed by atoms with Gasteiger partial charge in [0.1, 0.15) is 0 Å². The van der Waals surface area contributed by atoms with E-state index in [0.717, 1.165) is 6.26 Å². The van der Waals surface area contributed by atoms with E-state index in [1.54, 1.807) is 13.8 Å². The van der Waals surface area contributed by atoms with Crippen LogP contribution in [0.1, 0.15) is 22.8 Å². The Morgan fingerprint density at radius 1 is 1.22 bits per heavy atom. The molecular weight excluding hydrogens is 324 g/mol. The second-order valence-corrected chi connectivity index (χ2v) is 6.75. The van der Waals surface area contributed by atoms with E-state index < -0.39 is 34.4 Å². The number of nitrogens with one attached hydrogen (secondary N) is 2. The van der Waals surface area contributed by atoms with Crippen LogP contribution in [-0.4, -0.2) is 45.7 Å². The lowest BCUT2D eigenvalue weighted by molar-refractivity contribution is -0.123. The summed E-state index contributed by atoms with van der Waals surface area (Å²) in [7, 11) is -3.47. The summed E-state index contributed by atoms with van der Waals surface area (Å²) in [6.45, 7) is 2.98. The van der Waals surface area contributed by atoms with Crippen molar-refractivity contribution in [3.8, 4) is 0 Å². The number of sulfone groups is 1. The smallest absolute Gasteiger partial charge is 0.338 e. The molecule has 1 aromatic carbocycles. The van der Waals surface area contributed by atoms with E-state index in [1.165, 1.54) is 18.2 Å². The number of aryl methyl sites for hydroxylation is 1. The average molecular weight is 342 g/mol. The first-order valence-corrected chi connectivity index (χ1v) is 8.59. The molecule has 1 aromatic rings. The third kappa shape index (κ3) is 5.70. The van der Waals surface area contributed by atoms with E-state index in [0.29, 0.717) is 12.1 Å². The van der Waals surface area contributed by atoms with Crippen molar-refractivity contribution in [1.82, 2.24) is 10.6 Å². The van der Waals surface area contributed by atoms with Gasteiger partial charge < -0.3 is 10.1 Å². The average Bonchev–Trinajstić information content (AvgIpc) is 2.44. The van der Waals surface area contributed by atoms with Gasteiger partial charge in [-0.2, -0.15) is 0 Å². The molecule has 3 amide bonds. The number of rotatable bonds is 5. The monoisotopic (exact) mass is 342 g/mol. The van der Waals surface area contributed by atoms with Crippen LogP contribution in [0.15, 0.2) is 23.1 Å². The van der Waals surface area contributed by atoms with Crippen LogP contribution in [0.25, 0.3) is 0 Å². The van der Waals surface area contributed by atoms with E-state index in [9.17, 15) is 22.8 Å². The van der Waals surface area contributed by atoms with Crippen molar-refractivity contribution in [3.63, 3.8) is 0 Å². The van der Waals surface area contributed by atoms with Crippen molar-refractivity contribution < 1.29 is 27.5 Å². The maximum atomic E-state index is 12.0. The Bertz CT molecular complexity index is 727. The summed E-state index contributed by atoms with van der Waals surface area (Å²) in [5.41, 5.74) is 0.547. The van der Waals surface area contributed by atoms with Crippen LogP contribution in [0.3, 0.4) is 0 Å². The number of amides is 3. The van der Waals surface area contributed by atoms with Crippen molar-refractivity contribution in [3.05, 3.63) is 29.3 Å². The largest absolute Gasteiger partial charge is 0.452 e. The molecule has 23 heavy (non-hydrogen) atoms. The summed E-state index contributed by atoms with van der Waals surface area (Å²) >= 11 is 0. The van der Waals surface area contributed by atoms with Crippen LogP contribution >= 0.6 is 0 Å². The zero-order chi connectivity index (χ0) is 17.6. The fourth-order valence-electron chi connectivity index (χ4n) is 1.63. The van der Waals surface area contributed by atoms with Gasteiger partial charge in [-0.15, -0.1) is 0 Å². The van der Waals surface area contributed by atoms with Crippen molar-refractivity contribution in [2.45, 2.75) is 18.7 Å². The minimum Gasteiger partial charge on any atom is -0.452 e. The minimum atomic E-state index is -3.47. The number of imide groups is 1. The van der Waals surface area contributed by atoms with Gasteiger partial charge in [-0.1, -0.05) is 6.07 Å². The third-order valence-corrected chi connectivity index (χ3v) is 3.89. The second kappa shape index (κ2) is 7.73. The molecule has 0 aliphatic heterocycles. The Morgan fingerprint density at radius 3 is 2.43 bits per heavy atom. The lowest BCUT2D eigenvalue weighted by Crippen LogP contribution is -2.41. The predicted octanol–water partition coefficient (Wildman–Crippen LogP) is 0.401. The van der Waals surface area contributed by atoms with E-state index in [1.807, 2.05) is 5.32 Å². The Balaban J connectivity index is 2.75. The Morgan fingerprint density at radius 2 is 1.87 bits per heavy atom. The standard InChI is InChI=1S/C14H18N2O6S/c1-4-15-14(19)16-12(17)8-22-13(18)11-7-10(23(3,20)21)6-5-9(11)2/h5-7H,4,8H2,1-3H3,(H2,15,16,17,19). The topological polar surface area (TPSA) is 119 Å². The molecule has 0 spiro atoms. The summed E-state index contributed by atoms with van der Waals surface area (Å²) in [5.74, 6) is -1.64. The molecule has 2 N–H and O–H groups in total. The Hall–Kier alpha value is -2.42. The van der Waals surface area contributed by atoms with Crippen LogP contribution in [0.5, 0.6) is 0 Å². The summed E-state index contributed by atoms with van der Waals surface area (Å²) in [4.78, 5) is 34.5. The second-order valence-electron chi connectivity index (χ2n) is 4.73. The van der Waals surface area contributed by atoms with E-state index in [4.69, 9.17) is 4.74 Å². The van der Waals surface area contributed by atoms with Gasteiger partial charge in [0.15, 0.2) is 16.4 Å². The first-order valence-electron chi connectivity index (χ1n) is 6.70. The van der Waals surface area contributed by atoms with Crippen molar-refractivity contribution in [2.75, 3.05) is 19.4 Å². The molecule has 0 fully saturated rings. The van der Waals surface area contributed by atoms with Gasteiger partial charge in [-0.05, 0) is 31.5 Å². The molecule has 0 saturated carbocycles. The van der Waals surface area contributed by atoms with Crippen LogP contribution in [-0.2, 0) is 19.4 Å². The van der Waals surface area contributed by atoms with Gasteiger partial charge in [-0.3, -0.25) is 10.1 Å². The Kier molecular flexibility index (Phi) is 6.26. The van der Waals surface area contributed by atoms with Gasteiger partial charge in [0.25, 0.3) is 5.91 Å². The normalized spacial score (nSPS) is 10.7. The molecule has 0 saturated heterocycles. The summed E-state index contributed by atoms with van der Waals surface area (Å²) in [6.07, 6.45) is 1.02. The van der Waals surface area contributed by atoms with E-state index in [2.05, 4.69) is 5.32 Å². The zero-order valence-electron chi connectivity index (χ0n) is 13.0. The first kappa shape index (κ1) is 18.6. The SMILES string of the molecule is CCNC(=O)NC(=O)COC(=O)c1cc(S(C)(=O)=O)ccc1C. The molecule has 8 nitrogen and oxygen atoms in total. The molecule has 0 unspecified atom stereocenters. The van der Waals surface area contributed by atoms with E-state index >= 15 is 0 Å². The van der Waals surface area contributed by atoms with E-state index in [-0.39, 0.29) is 10.5 Å². The van der Waals surface area contributed by atoms with Crippen molar-refractivity contribution >= 4 is 27.7 Å². The number of carbonyl (C=O) groups is 3. The molecule has 0 atom stereocenters. The summed E-state index contributed by atoms with van der Waals surface area (Å²) in [6, 6.07) is 3.35. The molecule has 0 bridgehead atoms. The number of hydrogen-bond donors (Lipinski definition) is 2. The van der Waals surface area contributed by atoms with Gasteiger partial charge in [0.2, 0.25) is 0 Å². The molecule has 0 aliphatic rings. The highest BCUT2D eigenvalue weighted by molar-refractivity contribution is 7.90. The molecule has 1 rings (SSSR count). The van der Waals surface area contributed by atoms with Gasteiger partial charge in [0, 0.05) is 12.8 Å². The van der Waals surface area contributed by atoms with Crippen LogP contribution < -0.4 is 10.6 Å². The van der Waals surface area contributed by atoms with Crippen molar-refractivity contribution in [2.24, 2.45) is 0 Å². The molecule has 0 heterocycles. The van der Waals surface area contributed by atoms with Gasteiger partial charge in [0.05, 0.1) is 10.5 Å². The fourth-order valence-corrected chi connectivity index (χ4v) is 2.28. The lowest BCUT2D eigenvalue weighted by Gasteiger charge is -2.09. The molecular formula is C14H18N2O6S. The highest BCUT2D eigenvalue weighted by Gasteiger charge is 2.17. The van der Waals surface area contributed by atoms with Crippen molar-refractivity contribution in [1.29, 1.82) is 0 Å². The van der Waals surface area contributed by atoms with Crippen LogP contribution in [0.4, 0.5) is 4.79 Å². The number of carbonyl (C=O) groups excluding carboxylic acids is 3. The third-order valence-electron chi connectivity index (χ3n) is 2.78. The van der Waals surface area contributed by atoms with Gasteiger partial charge >= 0.3 is 12.0 Å². The highest BCUT2D eigenvalue weighted by Crippen LogP contribution is 2.16.